The number of hydrogen-bond acceptors (Lipinski definition) is 2. The number of rotatable bonds is 4. The van der Waals surface area contributed by atoms with Gasteiger partial charge in [0.15, 0.2) is 0 Å². The minimum absolute atomic E-state index is 0.0862. The summed E-state index contributed by atoms with van der Waals surface area (Å²) in [5.41, 5.74) is -0.705. The second-order valence-electron chi connectivity index (χ2n) is 5.20. The smallest absolute Gasteiger partial charge is 0.303 e. The molecule has 1 aliphatic carbocycles. The fourth-order valence-electron chi connectivity index (χ4n) is 2.43. The van der Waals surface area contributed by atoms with E-state index in [-0.39, 0.29) is 6.42 Å². The molecule has 88 valence electrons. The zero-order valence-corrected chi connectivity index (χ0v) is 9.70. The van der Waals surface area contributed by atoms with Gasteiger partial charge in [0.2, 0.25) is 0 Å². The molecule has 1 aliphatic rings. The minimum Gasteiger partial charge on any atom is -0.481 e. The van der Waals surface area contributed by atoms with E-state index in [1.165, 1.54) is 0 Å². The van der Waals surface area contributed by atoms with Gasteiger partial charge in [-0.05, 0) is 43.9 Å². The molecule has 2 N–H and O–H groups in total. The van der Waals surface area contributed by atoms with Gasteiger partial charge in [0, 0.05) is 6.42 Å². The van der Waals surface area contributed by atoms with Gasteiger partial charge in [-0.15, -0.1) is 0 Å². The molecular weight excluding hydrogens is 192 g/mol. The highest BCUT2D eigenvalue weighted by Crippen LogP contribution is 2.38. The molecule has 0 spiro atoms. The van der Waals surface area contributed by atoms with E-state index in [9.17, 15) is 9.90 Å². The first-order valence-electron chi connectivity index (χ1n) is 5.87. The summed E-state index contributed by atoms with van der Waals surface area (Å²) in [6.07, 6.45) is 4.10. The highest BCUT2D eigenvalue weighted by atomic mass is 16.4. The Bertz CT molecular complexity index is 215. The van der Waals surface area contributed by atoms with Crippen LogP contribution in [0, 0.1) is 11.8 Å². The molecule has 0 aromatic heterocycles. The van der Waals surface area contributed by atoms with Gasteiger partial charge in [-0.3, -0.25) is 4.79 Å². The van der Waals surface area contributed by atoms with E-state index in [0.29, 0.717) is 18.3 Å². The normalized spacial score (nSPS) is 31.9. The number of aliphatic carboxylic acids is 1. The SMILES string of the molecule is CC(C)C1CCC(O)(CCC(=O)O)CC1. The number of carboxylic acid groups (broad SMARTS) is 1. The first-order valence-corrected chi connectivity index (χ1v) is 5.87. The van der Waals surface area contributed by atoms with Gasteiger partial charge in [-0.2, -0.15) is 0 Å². The Morgan fingerprint density at radius 2 is 1.93 bits per heavy atom. The molecule has 0 heterocycles. The largest absolute Gasteiger partial charge is 0.481 e. The van der Waals surface area contributed by atoms with Crippen LogP contribution < -0.4 is 0 Å². The van der Waals surface area contributed by atoms with Crippen LogP contribution in [0.3, 0.4) is 0 Å². The summed E-state index contributed by atoms with van der Waals surface area (Å²) in [5.74, 6) is 0.568. The number of aliphatic hydroxyl groups is 1. The summed E-state index contributed by atoms with van der Waals surface area (Å²) in [6.45, 7) is 4.43. The molecule has 3 heteroatoms. The third kappa shape index (κ3) is 3.82. The van der Waals surface area contributed by atoms with Crippen molar-refractivity contribution < 1.29 is 15.0 Å². The lowest BCUT2D eigenvalue weighted by Gasteiger charge is -2.37. The molecule has 0 unspecified atom stereocenters. The second kappa shape index (κ2) is 4.97. The Kier molecular flexibility index (Phi) is 4.14. The van der Waals surface area contributed by atoms with Crippen LogP contribution in [0.25, 0.3) is 0 Å². The molecule has 0 aliphatic heterocycles. The highest BCUT2D eigenvalue weighted by molar-refractivity contribution is 5.66. The average molecular weight is 214 g/mol. The van der Waals surface area contributed by atoms with Crippen LogP contribution in [-0.2, 0) is 4.79 Å². The lowest BCUT2D eigenvalue weighted by Crippen LogP contribution is -2.35. The van der Waals surface area contributed by atoms with Crippen molar-refractivity contribution in [1.82, 2.24) is 0 Å². The summed E-state index contributed by atoms with van der Waals surface area (Å²) in [7, 11) is 0. The van der Waals surface area contributed by atoms with E-state index in [2.05, 4.69) is 13.8 Å². The Balaban J connectivity index is 2.37. The van der Waals surface area contributed by atoms with Crippen molar-refractivity contribution in [2.75, 3.05) is 0 Å². The third-order valence-corrected chi connectivity index (χ3v) is 3.71. The first kappa shape index (κ1) is 12.5. The number of carbonyl (C=O) groups is 1. The fraction of sp³-hybridized carbons (Fsp3) is 0.917. The quantitative estimate of drug-likeness (QED) is 0.755. The minimum atomic E-state index is -0.811. The van der Waals surface area contributed by atoms with E-state index >= 15 is 0 Å². The summed E-state index contributed by atoms with van der Waals surface area (Å²) >= 11 is 0. The molecule has 0 bridgehead atoms. The van der Waals surface area contributed by atoms with Crippen molar-refractivity contribution in [3.05, 3.63) is 0 Å². The molecule has 0 radical (unpaired) electrons. The summed E-state index contributed by atoms with van der Waals surface area (Å²) in [4.78, 5) is 10.4. The maximum absolute atomic E-state index is 10.4. The van der Waals surface area contributed by atoms with Crippen molar-refractivity contribution >= 4 is 5.97 Å². The maximum atomic E-state index is 10.4. The Morgan fingerprint density at radius 3 is 2.33 bits per heavy atom. The van der Waals surface area contributed by atoms with Gasteiger partial charge < -0.3 is 10.2 Å². The van der Waals surface area contributed by atoms with E-state index in [4.69, 9.17) is 5.11 Å². The van der Waals surface area contributed by atoms with Crippen LogP contribution >= 0.6 is 0 Å². The Morgan fingerprint density at radius 1 is 1.40 bits per heavy atom. The van der Waals surface area contributed by atoms with Gasteiger partial charge in [-0.25, -0.2) is 0 Å². The van der Waals surface area contributed by atoms with Crippen molar-refractivity contribution in [1.29, 1.82) is 0 Å². The molecule has 1 rings (SSSR count). The van der Waals surface area contributed by atoms with Crippen LogP contribution in [0.1, 0.15) is 52.4 Å². The van der Waals surface area contributed by atoms with Gasteiger partial charge >= 0.3 is 5.97 Å². The molecule has 0 aromatic rings. The van der Waals surface area contributed by atoms with Crippen LogP contribution in [0.4, 0.5) is 0 Å². The Hall–Kier alpha value is -0.570. The van der Waals surface area contributed by atoms with Crippen LogP contribution in [0.15, 0.2) is 0 Å². The van der Waals surface area contributed by atoms with E-state index in [1.54, 1.807) is 0 Å². The molecule has 0 aromatic carbocycles. The maximum Gasteiger partial charge on any atom is 0.303 e. The van der Waals surface area contributed by atoms with Gasteiger partial charge in [0.05, 0.1) is 5.60 Å². The first-order chi connectivity index (χ1) is 6.93. The molecule has 1 saturated carbocycles. The monoisotopic (exact) mass is 214 g/mol. The predicted octanol–water partition coefficient (Wildman–Crippen LogP) is 2.43. The molecule has 3 nitrogen and oxygen atoms in total. The van der Waals surface area contributed by atoms with Crippen LogP contribution in [0.2, 0.25) is 0 Å². The number of hydrogen-bond donors (Lipinski definition) is 2. The highest BCUT2D eigenvalue weighted by Gasteiger charge is 2.34. The summed E-state index contributed by atoms with van der Waals surface area (Å²) < 4.78 is 0. The van der Waals surface area contributed by atoms with E-state index in [1.807, 2.05) is 0 Å². The lowest BCUT2D eigenvalue weighted by molar-refractivity contribution is -0.139. The second-order valence-corrected chi connectivity index (χ2v) is 5.20. The standard InChI is InChI=1S/C12H22O3/c1-9(2)10-3-6-12(15,7-4-10)8-5-11(13)14/h9-10,15H,3-8H2,1-2H3,(H,13,14). The molecule has 0 saturated heterocycles. The predicted molar refractivity (Wildman–Crippen MR) is 58.6 cm³/mol. The zero-order chi connectivity index (χ0) is 11.5. The van der Waals surface area contributed by atoms with Crippen molar-refractivity contribution in [3.63, 3.8) is 0 Å². The fourth-order valence-corrected chi connectivity index (χ4v) is 2.43. The zero-order valence-electron chi connectivity index (χ0n) is 9.70. The van der Waals surface area contributed by atoms with Gasteiger partial charge in [0.25, 0.3) is 0 Å². The topological polar surface area (TPSA) is 57.5 Å². The molecule has 0 amide bonds. The van der Waals surface area contributed by atoms with E-state index < -0.39 is 11.6 Å². The van der Waals surface area contributed by atoms with Crippen molar-refractivity contribution in [3.8, 4) is 0 Å². The lowest BCUT2D eigenvalue weighted by atomic mass is 9.73. The summed E-state index contributed by atoms with van der Waals surface area (Å²) in [6, 6.07) is 0. The Labute approximate surface area is 91.5 Å². The summed E-state index contributed by atoms with van der Waals surface area (Å²) in [5, 5.41) is 18.7. The van der Waals surface area contributed by atoms with Gasteiger partial charge in [0.1, 0.15) is 0 Å². The third-order valence-electron chi connectivity index (χ3n) is 3.71. The molecule has 1 fully saturated rings. The molecule has 0 atom stereocenters. The molecule has 15 heavy (non-hydrogen) atoms. The van der Waals surface area contributed by atoms with Crippen LogP contribution in [-0.4, -0.2) is 21.8 Å². The van der Waals surface area contributed by atoms with Gasteiger partial charge in [-0.1, -0.05) is 13.8 Å². The molecular formula is C12H22O3. The van der Waals surface area contributed by atoms with Crippen LogP contribution in [0.5, 0.6) is 0 Å². The van der Waals surface area contributed by atoms with Crippen molar-refractivity contribution in [2.45, 2.75) is 58.0 Å². The van der Waals surface area contributed by atoms with E-state index in [0.717, 1.165) is 25.7 Å². The van der Waals surface area contributed by atoms with Crippen molar-refractivity contribution in [2.24, 2.45) is 11.8 Å². The average Bonchev–Trinajstić information content (AvgIpc) is 2.16. The number of carboxylic acids is 1.